The van der Waals surface area contributed by atoms with Crippen molar-refractivity contribution in [2.24, 2.45) is 0 Å². The number of benzene rings is 2. The van der Waals surface area contributed by atoms with E-state index in [9.17, 15) is 13.2 Å². The van der Waals surface area contributed by atoms with Crippen molar-refractivity contribution < 1.29 is 17.9 Å². The molecule has 3 rings (SSSR count). The van der Waals surface area contributed by atoms with Crippen molar-refractivity contribution >= 4 is 37.5 Å². The van der Waals surface area contributed by atoms with Gasteiger partial charge in [0.25, 0.3) is 0 Å². The smallest absolute Gasteiger partial charge is 0.241 e. The minimum Gasteiger partial charge on any atom is -0.381 e. The average molecular weight is 495 g/mol. The van der Waals surface area contributed by atoms with Crippen LogP contribution in [-0.2, 0) is 25.0 Å². The first kappa shape index (κ1) is 22.9. The second kappa shape index (κ2) is 8.78. The minimum atomic E-state index is -3.70. The Morgan fingerprint density at radius 3 is 2.30 bits per heavy atom. The second-order valence-corrected chi connectivity index (χ2v) is 11.1. The van der Waals surface area contributed by atoms with Gasteiger partial charge in [0, 0.05) is 28.9 Å². The van der Waals surface area contributed by atoms with Crippen LogP contribution in [0, 0.1) is 0 Å². The number of hydrogen-bond donors (Lipinski definition) is 2. The SMILES string of the molecule is CC(C)(C)NS(=O)(=O)c1cccc(NC(=O)C2(c3ccc(Br)cc3)CCOCC2)c1. The van der Waals surface area contributed by atoms with Gasteiger partial charge in [0.2, 0.25) is 15.9 Å². The Bertz CT molecular complexity index is 1010. The lowest BCUT2D eigenvalue weighted by atomic mass is 9.73. The van der Waals surface area contributed by atoms with Crippen LogP contribution < -0.4 is 10.0 Å². The predicted octanol–water partition coefficient (Wildman–Crippen LogP) is 4.21. The Labute approximate surface area is 186 Å². The van der Waals surface area contributed by atoms with Crippen LogP contribution >= 0.6 is 15.9 Å². The van der Waals surface area contributed by atoms with Gasteiger partial charge in [-0.3, -0.25) is 4.79 Å². The molecule has 2 N–H and O–H groups in total. The van der Waals surface area contributed by atoms with Crippen LogP contribution in [0.4, 0.5) is 5.69 Å². The van der Waals surface area contributed by atoms with E-state index in [0.717, 1.165) is 10.0 Å². The highest BCUT2D eigenvalue weighted by atomic mass is 79.9. The number of carbonyl (C=O) groups excluding carboxylic acids is 1. The number of carbonyl (C=O) groups is 1. The zero-order chi connectivity index (χ0) is 22.0. The molecule has 162 valence electrons. The Morgan fingerprint density at radius 1 is 1.07 bits per heavy atom. The monoisotopic (exact) mass is 494 g/mol. The van der Waals surface area contributed by atoms with Crippen LogP contribution in [0.1, 0.15) is 39.2 Å². The summed E-state index contributed by atoms with van der Waals surface area (Å²) in [5, 5.41) is 2.94. The quantitative estimate of drug-likeness (QED) is 0.651. The first-order valence-electron chi connectivity index (χ1n) is 9.81. The van der Waals surface area contributed by atoms with E-state index in [1.54, 1.807) is 32.9 Å². The number of hydrogen-bond acceptors (Lipinski definition) is 4. The fourth-order valence-corrected chi connectivity index (χ4v) is 5.32. The molecule has 1 amide bonds. The van der Waals surface area contributed by atoms with Crippen LogP contribution in [0.5, 0.6) is 0 Å². The molecule has 0 bridgehead atoms. The van der Waals surface area contributed by atoms with Crippen LogP contribution in [0.3, 0.4) is 0 Å². The van der Waals surface area contributed by atoms with Crippen molar-refractivity contribution in [2.75, 3.05) is 18.5 Å². The van der Waals surface area contributed by atoms with E-state index in [1.807, 2.05) is 24.3 Å². The van der Waals surface area contributed by atoms with Crippen molar-refractivity contribution in [3.8, 4) is 0 Å². The molecule has 0 radical (unpaired) electrons. The summed E-state index contributed by atoms with van der Waals surface area (Å²) in [5.41, 5.74) is 0.0352. The Kier molecular flexibility index (Phi) is 6.72. The van der Waals surface area contributed by atoms with E-state index in [2.05, 4.69) is 26.0 Å². The predicted molar refractivity (Wildman–Crippen MR) is 121 cm³/mol. The van der Waals surface area contributed by atoms with E-state index in [4.69, 9.17) is 4.74 Å². The molecular formula is C22H27BrN2O4S. The lowest BCUT2D eigenvalue weighted by Gasteiger charge is -2.36. The number of ether oxygens (including phenoxy) is 1. The maximum absolute atomic E-state index is 13.4. The largest absolute Gasteiger partial charge is 0.381 e. The zero-order valence-corrected chi connectivity index (χ0v) is 19.8. The highest BCUT2D eigenvalue weighted by Crippen LogP contribution is 2.37. The number of rotatable bonds is 5. The van der Waals surface area contributed by atoms with Gasteiger partial charge in [-0.25, -0.2) is 13.1 Å². The molecule has 30 heavy (non-hydrogen) atoms. The molecule has 0 atom stereocenters. The third-order valence-corrected chi connectivity index (χ3v) is 7.30. The number of halogens is 1. The molecule has 1 fully saturated rings. The Balaban J connectivity index is 1.89. The number of amides is 1. The van der Waals surface area contributed by atoms with E-state index in [0.29, 0.717) is 31.7 Å². The lowest BCUT2D eigenvalue weighted by Crippen LogP contribution is -2.45. The maximum atomic E-state index is 13.4. The van der Waals surface area contributed by atoms with E-state index in [-0.39, 0.29) is 10.8 Å². The summed E-state index contributed by atoms with van der Waals surface area (Å²) < 4.78 is 34.4. The number of anilines is 1. The third-order valence-electron chi connectivity index (χ3n) is 5.02. The third kappa shape index (κ3) is 5.29. The van der Waals surface area contributed by atoms with E-state index in [1.165, 1.54) is 12.1 Å². The van der Waals surface area contributed by atoms with Gasteiger partial charge >= 0.3 is 0 Å². The molecule has 1 heterocycles. The summed E-state index contributed by atoms with van der Waals surface area (Å²) in [6.45, 7) is 6.33. The van der Waals surface area contributed by atoms with Crippen molar-refractivity contribution in [2.45, 2.75) is 49.5 Å². The number of sulfonamides is 1. The minimum absolute atomic E-state index is 0.111. The molecule has 1 aliphatic rings. The molecule has 0 saturated carbocycles. The molecule has 2 aromatic carbocycles. The highest BCUT2D eigenvalue weighted by Gasteiger charge is 2.41. The average Bonchev–Trinajstić information content (AvgIpc) is 2.67. The normalized spacial score (nSPS) is 16.8. The molecule has 0 aliphatic carbocycles. The van der Waals surface area contributed by atoms with Gasteiger partial charge in [0.15, 0.2) is 0 Å². The molecule has 0 aromatic heterocycles. The van der Waals surface area contributed by atoms with Gasteiger partial charge in [-0.2, -0.15) is 0 Å². The summed E-state index contributed by atoms with van der Waals surface area (Å²) >= 11 is 3.44. The summed E-state index contributed by atoms with van der Waals surface area (Å²) in [7, 11) is -3.70. The molecule has 6 nitrogen and oxygen atoms in total. The topological polar surface area (TPSA) is 84.5 Å². The van der Waals surface area contributed by atoms with E-state index >= 15 is 0 Å². The molecule has 2 aromatic rings. The Morgan fingerprint density at radius 2 is 1.70 bits per heavy atom. The molecule has 1 aliphatic heterocycles. The first-order chi connectivity index (χ1) is 14.0. The summed E-state index contributed by atoms with van der Waals surface area (Å²) in [6, 6.07) is 14.1. The standard InChI is InChI=1S/C22H27BrN2O4S/c1-21(2,3)25-30(27,28)19-6-4-5-18(15-19)24-20(26)22(11-13-29-14-12-22)16-7-9-17(23)10-8-16/h4-10,15,25H,11-14H2,1-3H3,(H,24,26). The molecule has 0 spiro atoms. The maximum Gasteiger partial charge on any atom is 0.241 e. The summed E-state index contributed by atoms with van der Waals surface area (Å²) in [6.07, 6.45) is 1.12. The molecule has 8 heteroatoms. The summed E-state index contributed by atoms with van der Waals surface area (Å²) in [5.74, 6) is -0.161. The van der Waals surface area contributed by atoms with Crippen molar-refractivity contribution in [3.05, 3.63) is 58.6 Å². The van der Waals surface area contributed by atoms with Gasteiger partial charge in [0.1, 0.15) is 0 Å². The molecule has 1 saturated heterocycles. The van der Waals surface area contributed by atoms with Crippen LogP contribution in [-0.4, -0.2) is 33.1 Å². The fraction of sp³-hybridized carbons (Fsp3) is 0.409. The van der Waals surface area contributed by atoms with Crippen LogP contribution in [0.2, 0.25) is 0 Å². The zero-order valence-electron chi connectivity index (χ0n) is 17.4. The first-order valence-corrected chi connectivity index (χ1v) is 12.1. The Hall–Kier alpha value is -1.74. The highest BCUT2D eigenvalue weighted by molar-refractivity contribution is 9.10. The van der Waals surface area contributed by atoms with Gasteiger partial charge in [0.05, 0.1) is 10.3 Å². The van der Waals surface area contributed by atoms with E-state index < -0.39 is 21.0 Å². The van der Waals surface area contributed by atoms with Crippen LogP contribution in [0.25, 0.3) is 0 Å². The second-order valence-electron chi connectivity index (χ2n) is 8.54. The molecule has 0 unspecified atom stereocenters. The van der Waals surface area contributed by atoms with Gasteiger partial charge < -0.3 is 10.1 Å². The van der Waals surface area contributed by atoms with Crippen molar-refractivity contribution in [1.29, 1.82) is 0 Å². The van der Waals surface area contributed by atoms with Crippen LogP contribution in [0.15, 0.2) is 57.9 Å². The van der Waals surface area contributed by atoms with Gasteiger partial charge in [-0.05, 0) is 69.5 Å². The van der Waals surface area contributed by atoms with Crippen molar-refractivity contribution in [1.82, 2.24) is 4.72 Å². The molecular weight excluding hydrogens is 468 g/mol. The summed E-state index contributed by atoms with van der Waals surface area (Å²) in [4.78, 5) is 13.5. The van der Waals surface area contributed by atoms with Crippen molar-refractivity contribution in [3.63, 3.8) is 0 Å². The number of nitrogens with one attached hydrogen (secondary N) is 2. The fourth-order valence-electron chi connectivity index (χ4n) is 3.59. The van der Waals surface area contributed by atoms with Gasteiger partial charge in [-0.1, -0.05) is 34.1 Å². The lowest BCUT2D eigenvalue weighted by molar-refractivity contribution is -0.125. The van der Waals surface area contributed by atoms with Gasteiger partial charge in [-0.15, -0.1) is 0 Å².